The van der Waals surface area contributed by atoms with Crippen molar-refractivity contribution in [1.29, 1.82) is 0 Å². The van der Waals surface area contributed by atoms with Crippen molar-refractivity contribution in [3.05, 3.63) is 29.1 Å². The largest absolute Gasteiger partial charge is 0.386 e. The molecule has 1 aromatic rings. The van der Waals surface area contributed by atoms with Crippen LogP contribution in [0.2, 0.25) is 0 Å². The summed E-state index contributed by atoms with van der Waals surface area (Å²) in [7, 11) is 0. The third-order valence-electron chi connectivity index (χ3n) is 2.50. The predicted octanol–water partition coefficient (Wildman–Crippen LogP) is 2.91. The lowest BCUT2D eigenvalue weighted by atomic mass is 9.87. The highest BCUT2D eigenvalue weighted by atomic mass is 16.3. The third kappa shape index (κ3) is 2.78. The molecule has 15 heavy (non-hydrogen) atoms. The Morgan fingerprint density at radius 2 is 1.67 bits per heavy atom. The van der Waals surface area contributed by atoms with Crippen LogP contribution in [0.25, 0.3) is 0 Å². The maximum absolute atomic E-state index is 9.87. The van der Waals surface area contributed by atoms with Crippen LogP contribution in [0.3, 0.4) is 0 Å². The second-order valence-corrected chi connectivity index (χ2v) is 5.70. The molecule has 2 nitrogen and oxygen atoms in total. The van der Waals surface area contributed by atoms with Crippen molar-refractivity contribution in [1.82, 2.24) is 4.98 Å². The van der Waals surface area contributed by atoms with E-state index < -0.39 is 5.60 Å². The van der Waals surface area contributed by atoms with Crippen molar-refractivity contribution in [2.24, 2.45) is 0 Å². The highest BCUT2D eigenvalue weighted by molar-refractivity contribution is 5.30. The molecule has 0 aliphatic carbocycles. The summed E-state index contributed by atoms with van der Waals surface area (Å²) in [6, 6.07) is 2.02. The predicted molar refractivity (Wildman–Crippen MR) is 62.9 cm³/mol. The van der Waals surface area contributed by atoms with Gasteiger partial charge < -0.3 is 5.11 Å². The summed E-state index contributed by atoms with van der Waals surface area (Å²) < 4.78 is 0. The molecule has 0 aromatic carbocycles. The quantitative estimate of drug-likeness (QED) is 0.768. The highest BCUT2D eigenvalue weighted by Gasteiger charge is 2.21. The molecule has 1 heterocycles. The molecule has 0 fully saturated rings. The van der Waals surface area contributed by atoms with Gasteiger partial charge in [0.25, 0.3) is 0 Å². The van der Waals surface area contributed by atoms with Gasteiger partial charge in [-0.05, 0) is 32.4 Å². The van der Waals surface area contributed by atoms with Crippen LogP contribution in [-0.4, -0.2) is 10.1 Å². The van der Waals surface area contributed by atoms with Crippen molar-refractivity contribution in [2.45, 2.75) is 52.6 Å². The molecule has 0 amide bonds. The Balaban J connectivity index is 3.21. The van der Waals surface area contributed by atoms with E-state index >= 15 is 0 Å². The standard InChI is InChI=1S/C13H21NO/c1-9-7-10(13(5,6)15)8-14-11(9)12(2,3)4/h7-8,15H,1-6H3. The topological polar surface area (TPSA) is 33.1 Å². The van der Waals surface area contributed by atoms with E-state index in [-0.39, 0.29) is 5.41 Å². The number of aromatic nitrogens is 1. The van der Waals surface area contributed by atoms with E-state index in [2.05, 4.69) is 25.8 Å². The van der Waals surface area contributed by atoms with Crippen LogP contribution in [0.15, 0.2) is 12.3 Å². The van der Waals surface area contributed by atoms with Gasteiger partial charge in [-0.1, -0.05) is 20.8 Å². The van der Waals surface area contributed by atoms with E-state index in [0.717, 1.165) is 16.8 Å². The van der Waals surface area contributed by atoms with Crippen molar-refractivity contribution >= 4 is 0 Å². The average molecular weight is 207 g/mol. The fourth-order valence-electron chi connectivity index (χ4n) is 1.69. The Labute approximate surface area is 92.4 Å². The van der Waals surface area contributed by atoms with Gasteiger partial charge >= 0.3 is 0 Å². The second-order valence-electron chi connectivity index (χ2n) is 5.70. The number of hydrogen-bond acceptors (Lipinski definition) is 2. The molecule has 0 unspecified atom stereocenters. The SMILES string of the molecule is Cc1cc(C(C)(C)O)cnc1C(C)(C)C. The van der Waals surface area contributed by atoms with E-state index in [1.807, 2.05) is 13.0 Å². The maximum atomic E-state index is 9.87. The molecule has 0 aliphatic rings. The fourth-order valence-corrected chi connectivity index (χ4v) is 1.69. The molecular weight excluding hydrogens is 186 g/mol. The van der Waals surface area contributed by atoms with Gasteiger partial charge in [0.05, 0.1) is 5.60 Å². The summed E-state index contributed by atoms with van der Waals surface area (Å²) in [4.78, 5) is 4.46. The van der Waals surface area contributed by atoms with Gasteiger partial charge in [0.1, 0.15) is 0 Å². The zero-order valence-electron chi connectivity index (χ0n) is 10.5. The summed E-state index contributed by atoms with van der Waals surface area (Å²) in [6.45, 7) is 12.0. The Morgan fingerprint density at radius 3 is 2.00 bits per heavy atom. The first-order valence-corrected chi connectivity index (χ1v) is 5.32. The van der Waals surface area contributed by atoms with E-state index in [0.29, 0.717) is 0 Å². The highest BCUT2D eigenvalue weighted by Crippen LogP contribution is 2.27. The Bertz CT molecular complexity index is 356. The van der Waals surface area contributed by atoms with Gasteiger partial charge in [-0.25, -0.2) is 0 Å². The van der Waals surface area contributed by atoms with Crippen LogP contribution in [0.1, 0.15) is 51.4 Å². The number of aryl methyl sites for hydroxylation is 1. The zero-order valence-corrected chi connectivity index (χ0v) is 10.5. The van der Waals surface area contributed by atoms with Gasteiger partial charge in [-0.15, -0.1) is 0 Å². The maximum Gasteiger partial charge on any atom is 0.0855 e. The number of pyridine rings is 1. The van der Waals surface area contributed by atoms with Crippen molar-refractivity contribution in [3.63, 3.8) is 0 Å². The van der Waals surface area contributed by atoms with Crippen LogP contribution in [-0.2, 0) is 11.0 Å². The minimum atomic E-state index is -0.811. The van der Waals surface area contributed by atoms with Crippen LogP contribution in [0.5, 0.6) is 0 Å². The van der Waals surface area contributed by atoms with Gasteiger partial charge in [-0.2, -0.15) is 0 Å². The van der Waals surface area contributed by atoms with Gasteiger partial charge in [-0.3, -0.25) is 4.98 Å². The van der Waals surface area contributed by atoms with E-state index in [9.17, 15) is 5.11 Å². The lowest BCUT2D eigenvalue weighted by Crippen LogP contribution is -2.20. The molecule has 1 aromatic heterocycles. The lowest BCUT2D eigenvalue weighted by molar-refractivity contribution is 0.0781. The summed E-state index contributed by atoms with van der Waals surface area (Å²) >= 11 is 0. The Hall–Kier alpha value is -0.890. The fraction of sp³-hybridized carbons (Fsp3) is 0.615. The molecule has 84 valence electrons. The van der Waals surface area contributed by atoms with E-state index in [1.54, 1.807) is 20.0 Å². The number of hydrogen-bond donors (Lipinski definition) is 1. The lowest BCUT2D eigenvalue weighted by Gasteiger charge is -2.23. The normalized spacial score (nSPS) is 13.0. The first-order valence-electron chi connectivity index (χ1n) is 5.32. The van der Waals surface area contributed by atoms with Gasteiger partial charge in [0.2, 0.25) is 0 Å². The molecule has 0 saturated carbocycles. The first-order chi connectivity index (χ1) is 6.62. The molecule has 0 bridgehead atoms. The Morgan fingerprint density at radius 1 is 1.13 bits per heavy atom. The molecule has 0 radical (unpaired) electrons. The summed E-state index contributed by atoms with van der Waals surface area (Å²) in [6.07, 6.45) is 1.77. The van der Waals surface area contributed by atoms with E-state index in [4.69, 9.17) is 0 Å². The molecular formula is C13H21NO. The number of aliphatic hydroxyl groups is 1. The van der Waals surface area contributed by atoms with Gasteiger partial charge in [0, 0.05) is 22.9 Å². The molecule has 1 rings (SSSR count). The van der Waals surface area contributed by atoms with Crippen LogP contribution in [0, 0.1) is 6.92 Å². The Kier molecular flexibility index (Phi) is 2.92. The van der Waals surface area contributed by atoms with Crippen molar-refractivity contribution in [2.75, 3.05) is 0 Å². The first kappa shape index (κ1) is 12.2. The molecule has 2 heteroatoms. The molecule has 0 spiro atoms. The number of nitrogens with zero attached hydrogens (tertiary/aromatic N) is 1. The molecule has 0 atom stereocenters. The van der Waals surface area contributed by atoms with Crippen molar-refractivity contribution < 1.29 is 5.11 Å². The number of rotatable bonds is 1. The molecule has 1 N–H and O–H groups in total. The summed E-state index contributed by atoms with van der Waals surface area (Å²) in [5.41, 5.74) is 2.35. The third-order valence-corrected chi connectivity index (χ3v) is 2.50. The van der Waals surface area contributed by atoms with Crippen LogP contribution < -0.4 is 0 Å². The van der Waals surface area contributed by atoms with Crippen molar-refractivity contribution in [3.8, 4) is 0 Å². The summed E-state index contributed by atoms with van der Waals surface area (Å²) in [5, 5.41) is 9.87. The van der Waals surface area contributed by atoms with E-state index in [1.165, 1.54) is 0 Å². The zero-order chi connectivity index (χ0) is 11.9. The minimum absolute atomic E-state index is 0.0577. The monoisotopic (exact) mass is 207 g/mol. The molecule has 0 saturated heterocycles. The average Bonchev–Trinajstić information content (AvgIpc) is 1.99. The second kappa shape index (κ2) is 3.60. The van der Waals surface area contributed by atoms with Gasteiger partial charge in [0.15, 0.2) is 0 Å². The van der Waals surface area contributed by atoms with Crippen LogP contribution in [0.4, 0.5) is 0 Å². The molecule has 0 aliphatic heterocycles. The smallest absolute Gasteiger partial charge is 0.0855 e. The minimum Gasteiger partial charge on any atom is -0.386 e. The van der Waals surface area contributed by atoms with Crippen LogP contribution >= 0.6 is 0 Å². The summed E-state index contributed by atoms with van der Waals surface area (Å²) in [5.74, 6) is 0.